The first-order valence-electron chi connectivity index (χ1n) is 9.91. The minimum Gasteiger partial charge on any atom is -0.483 e. The number of carbonyl (C=O) groups is 1. The highest BCUT2D eigenvalue weighted by molar-refractivity contribution is 7.89. The van der Waals surface area contributed by atoms with Crippen LogP contribution in [0, 0.1) is 6.92 Å². The second-order valence-electron chi connectivity index (χ2n) is 7.67. The summed E-state index contributed by atoms with van der Waals surface area (Å²) in [4.78, 5) is 12.6. The van der Waals surface area contributed by atoms with Crippen LogP contribution < -0.4 is 10.1 Å². The predicted octanol–water partition coefficient (Wildman–Crippen LogP) is 3.92. The zero-order valence-corrected chi connectivity index (χ0v) is 18.0. The van der Waals surface area contributed by atoms with Gasteiger partial charge in [-0.1, -0.05) is 32.0 Å². The van der Waals surface area contributed by atoms with Gasteiger partial charge in [0.1, 0.15) is 5.75 Å². The summed E-state index contributed by atoms with van der Waals surface area (Å²) in [6.07, 6.45) is 1.76. The van der Waals surface area contributed by atoms with E-state index in [2.05, 4.69) is 19.2 Å². The molecule has 0 atom stereocenters. The van der Waals surface area contributed by atoms with Crippen molar-refractivity contribution in [1.82, 2.24) is 4.31 Å². The van der Waals surface area contributed by atoms with Gasteiger partial charge in [0.15, 0.2) is 6.61 Å². The molecule has 7 heteroatoms. The fraction of sp³-hybridized carbons (Fsp3) is 0.409. The maximum atomic E-state index is 12.7. The normalized spacial score (nSPS) is 14.9. The number of anilines is 1. The van der Waals surface area contributed by atoms with Gasteiger partial charge in [0.2, 0.25) is 10.0 Å². The number of hydrogen-bond acceptors (Lipinski definition) is 4. The van der Waals surface area contributed by atoms with Gasteiger partial charge in [-0.05, 0) is 61.1 Å². The molecule has 1 saturated heterocycles. The molecule has 0 aliphatic carbocycles. The Morgan fingerprint density at radius 3 is 2.55 bits per heavy atom. The quantitative estimate of drug-likeness (QED) is 0.742. The number of nitrogens with one attached hydrogen (secondary N) is 1. The number of nitrogens with zero attached hydrogens (tertiary/aromatic N) is 1. The lowest BCUT2D eigenvalue weighted by Crippen LogP contribution is -2.28. The number of sulfonamides is 1. The van der Waals surface area contributed by atoms with Crippen molar-refractivity contribution in [3.8, 4) is 5.75 Å². The summed E-state index contributed by atoms with van der Waals surface area (Å²) in [7, 11) is -3.52. The van der Waals surface area contributed by atoms with Crippen molar-refractivity contribution in [1.29, 1.82) is 0 Å². The van der Waals surface area contributed by atoms with Crippen LogP contribution in [0.3, 0.4) is 0 Å². The summed E-state index contributed by atoms with van der Waals surface area (Å²) in [5, 5.41) is 2.73. The van der Waals surface area contributed by atoms with Crippen LogP contribution in [-0.4, -0.2) is 38.3 Å². The number of rotatable bonds is 7. The van der Waals surface area contributed by atoms with E-state index in [4.69, 9.17) is 4.74 Å². The topological polar surface area (TPSA) is 75.7 Å². The summed E-state index contributed by atoms with van der Waals surface area (Å²) in [6, 6.07) is 12.3. The highest BCUT2D eigenvalue weighted by Crippen LogP contribution is 2.27. The van der Waals surface area contributed by atoms with Crippen molar-refractivity contribution in [3.05, 3.63) is 53.6 Å². The first-order valence-corrected chi connectivity index (χ1v) is 11.3. The Kier molecular flexibility index (Phi) is 6.59. The first-order chi connectivity index (χ1) is 13.8. The van der Waals surface area contributed by atoms with Gasteiger partial charge in [0.05, 0.1) is 4.90 Å². The van der Waals surface area contributed by atoms with Gasteiger partial charge in [-0.15, -0.1) is 0 Å². The molecule has 0 unspecified atom stereocenters. The lowest BCUT2D eigenvalue weighted by Gasteiger charge is -2.16. The average molecular weight is 417 g/mol. The third-order valence-corrected chi connectivity index (χ3v) is 6.87. The van der Waals surface area contributed by atoms with Crippen LogP contribution in [0.25, 0.3) is 0 Å². The minimum absolute atomic E-state index is 0.147. The third kappa shape index (κ3) is 5.16. The number of ether oxygens (including phenoxy) is 1. The molecule has 1 heterocycles. The highest BCUT2D eigenvalue weighted by atomic mass is 32.2. The molecule has 1 aliphatic heterocycles. The van der Waals surface area contributed by atoms with Gasteiger partial charge in [-0.2, -0.15) is 4.31 Å². The molecule has 2 aromatic carbocycles. The van der Waals surface area contributed by atoms with Crippen LogP contribution in [0.15, 0.2) is 47.4 Å². The van der Waals surface area contributed by atoms with E-state index < -0.39 is 10.0 Å². The second-order valence-corrected chi connectivity index (χ2v) is 9.61. The van der Waals surface area contributed by atoms with Gasteiger partial charge in [-0.3, -0.25) is 4.79 Å². The minimum atomic E-state index is -3.52. The lowest BCUT2D eigenvalue weighted by molar-refractivity contribution is -0.118. The van der Waals surface area contributed by atoms with Crippen LogP contribution in [0.1, 0.15) is 43.7 Å². The summed E-state index contributed by atoms with van der Waals surface area (Å²) in [6.45, 7) is 7.06. The van der Waals surface area contributed by atoms with Gasteiger partial charge in [0, 0.05) is 18.8 Å². The molecule has 0 radical (unpaired) electrons. The molecule has 3 rings (SSSR count). The number of aryl methyl sites for hydroxylation is 1. The molecule has 29 heavy (non-hydrogen) atoms. The first kappa shape index (κ1) is 21.3. The van der Waals surface area contributed by atoms with Crippen molar-refractivity contribution < 1.29 is 17.9 Å². The molecule has 156 valence electrons. The summed E-state index contributed by atoms with van der Waals surface area (Å²) < 4.78 is 32.7. The molecule has 1 amide bonds. The molecular formula is C22H28N2O4S. The molecule has 0 saturated carbocycles. The molecule has 1 aliphatic rings. The lowest BCUT2D eigenvalue weighted by atomic mass is 10.0. The van der Waals surface area contributed by atoms with E-state index in [1.165, 1.54) is 10.4 Å². The van der Waals surface area contributed by atoms with Crippen LogP contribution in [0.4, 0.5) is 5.69 Å². The molecule has 0 spiro atoms. The van der Waals surface area contributed by atoms with Crippen LogP contribution >= 0.6 is 0 Å². The number of hydrogen-bond donors (Lipinski definition) is 1. The number of amides is 1. The van der Waals surface area contributed by atoms with Crippen molar-refractivity contribution in [3.63, 3.8) is 0 Å². The zero-order valence-electron chi connectivity index (χ0n) is 17.1. The van der Waals surface area contributed by atoms with Crippen LogP contribution in [0.5, 0.6) is 5.75 Å². The summed E-state index contributed by atoms with van der Waals surface area (Å²) >= 11 is 0. The Bertz CT molecular complexity index is 980. The monoisotopic (exact) mass is 416 g/mol. The van der Waals surface area contributed by atoms with Crippen molar-refractivity contribution in [2.75, 3.05) is 25.0 Å². The van der Waals surface area contributed by atoms with Gasteiger partial charge in [-0.25, -0.2) is 8.42 Å². The van der Waals surface area contributed by atoms with E-state index in [1.54, 1.807) is 18.2 Å². The predicted molar refractivity (Wildman–Crippen MR) is 114 cm³/mol. The standard InChI is InChI=1S/C22H28N2O4S/c1-16(2)20-10-9-17(3)13-21(20)28-15-22(25)23-18-7-6-8-19(14-18)29(26,27)24-11-4-5-12-24/h6-10,13-14,16H,4-5,11-12,15H2,1-3H3,(H,23,25). The van der Waals surface area contributed by atoms with Gasteiger partial charge in [0.25, 0.3) is 5.91 Å². The second kappa shape index (κ2) is 8.97. The van der Waals surface area contributed by atoms with E-state index in [0.29, 0.717) is 24.5 Å². The van der Waals surface area contributed by atoms with E-state index in [1.807, 2.05) is 25.1 Å². The Morgan fingerprint density at radius 2 is 1.86 bits per heavy atom. The molecular weight excluding hydrogens is 388 g/mol. The molecule has 0 bridgehead atoms. The SMILES string of the molecule is Cc1ccc(C(C)C)c(OCC(=O)Nc2cccc(S(=O)(=O)N3CCCC3)c2)c1. The smallest absolute Gasteiger partial charge is 0.262 e. The van der Waals surface area contributed by atoms with E-state index in [0.717, 1.165) is 24.0 Å². The fourth-order valence-corrected chi connectivity index (χ4v) is 4.96. The largest absolute Gasteiger partial charge is 0.483 e. The Labute approximate surface area is 172 Å². The van der Waals surface area contributed by atoms with E-state index in [-0.39, 0.29) is 23.3 Å². The van der Waals surface area contributed by atoms with E-state index in [9.17, 15) is 13.2 Å². The Morgan fingerprint density at radius 1 is 1.14 bits per heavy atom. The zero-order chi connectivity index (χ0) is 21.0. The van der Waals surface area contributed by atoms with Crippen LogP contribution in [0.2, 0.25) is 0 Å². The van der Waals surface area contributed by atoms with Crippen molar-refractivity contribution in [2.45, 2.75) is 44.4 Å². The van der Waals surface area contributed by atoms with Crippen molar-refractivity contribution >= 4 is 21.6 Å². The number of carbonyl (C=O) groups excluding carboxylic acids is 1. The summed E-state index contributed by atoms with van der Waals surface area (Å²) in [5.41, 5.74) is 2.54. The van der Waals surface area contributed by atoms with E-state index >= 15 is 0 Å². The summed E-state index contributed by atoms with van der Waals surface area (Å²) in [5.74, 6) is 0.638. The average Bonchev–Trinajstić information content (AvgIpc) is 3.22. The fourth-order valence-electron chi connectivity index (χ4n) is 3.40. The molecule has 2 aromatic rings. The molecule has 6 nitrogen and oxygen atoms in total. The molecule has 1 N–H and O–H groups in total. The maximum absolute atomic E-state index is 12.7. The molecule has 1 fully saturated rings. The van der Waals surface area contributed by atoms with Crippen LogP contribution in [-0.2, 0) is 14.8 Å². The molecule has 0 aromatic heterocycles. The van der Waals surface area contributed by atoms with Gasteiger partial charge >= 0.3 is 0 Å². The van der Waals surface area contributed by atoms with Crippen molar-refractivity contribution in [2.24, 2.45) is 0 Å². The Balaban J connectivity index is 1.67. The maximum Gasteiger partial charge on any atom is 0.262 e. The Hall–Kier alpha value is -2.38. The highest BCUT2D eigenvalue weighted by Gasteiger charge is 2.27. The third-order valence-electron chi connectivity index (χ3n) is 4.97. The number of benzene rings is 2. The van der Waals surface area contributed by atoms with Gasteiger partial charge < -0.3 is 10.1 Å².